The van der Waals surface area contributed by atoms with Gasteiger partial charge < -0.3 is 11.1 Å². The molecule has 50 heavy (non-hydrogen) atoms. The van der Waals surface area contributed by atoms with Gasteiger partial charge in [0.15, 0.2) is 0 Å². The van der Waals surface area contributed by atoms with Gasteiger partial charge in [-0.25, -0.2) is 29.6 Å². The van der Waals surface area contributed by atoms with Crippen molar-refractivity contribution in [2.75, 3.05) is 12.4 Å². The van der Waals surface area contributed by atoms with Crippen LogP contribution >= 0.6 is 12.6 Å². The molecule has 0 saturated heterocycles. The Balaban J connectivity index is 1.68. The molecule has 4 atom stereocenters. The van der Waals surface area contributed by atoms with Crippen molar-refractivity contribution in [1.29, 1.82) is 0 Å². The zero-order chi connectivity index (χ0) is 37.0. The second-order valence-corrected chi connectivity index (χ2v) is 12.4. The van der Waals surface area contributed by atoms with Crippen LogP contribution in [0.2, 0.25) is 0 Å². The second kappa shape index (κ2) is 18.8. The molecule has 3 aromatic rings. The highest BCUT2D eigenvalue weighted by Crippen LogP contribution is 2.16. The lowest BCUT2D eigenvalue weighted by atomic mass is 9.91. The predicted octanol–water partition coefficient (Wildman–Crippen LogP) is 2.51. The number of nitrogens with two attached hydrogens (primary N) is 1. The van der Waals surface area contributed by atoms with Crippen LogP contribution in [0.5, 0.6) is 0 Å². The molecule has 0 saturated carbocycles. The standard InChI is InChI=1S/C34H43F3N6O6S/c1-19-5-8-23(11-26(19)35)14-34(38,33(46)41-47)18-48-42-32(45)30(40-16-25-10-7-21(3)28(37)13-25)22(4)49-43-31(44)29(17-50)39-15-24-9-6-20(2)27(36)12-24/h5-13,22,29-30,39-40,47,50H,14-18,38H2,1-4H3,(H,41,46)(H,42,45)(H,43,44)/t22-,29+,30+,34+/m1/s1. The third-order valence-electron chi connectivity index (χ3n) is 7.96. The molecule has 3 aromatic carbocycles. The summed E-state index contributed by atoms with van der Waals surface area (Å²) in [5, 5.41) is 15.2. The van der Waals surface area contributed by atoms with Crippen LogP contribution in [0, 0.1) is 38.2 Å². The van der Waals surface area contributed by atoms with E-state index in [0.29, 0.717) is 33.4 Å². The van der Waals surface area contributed by atoms with Gasteiger partial charge in [0, 0.05) is 25.3 Å². The number of hydrogen-bond acceptors (Lipinski definition) is 10. The summed E-state index contributed by atoms with van der Waals surface area (Å²) in [4.78, 5) is 49.7. The molecule has 12 nitrogen and oxygen atoms in total. The average molecular weight is 721 g/mol. The van der Waals surface area contributed by atoms with Crippen molar-refractivity contribution >= 4 is 30.4 Å². The zero-order valence-electron chi connectivity index (χ0n) is 28.1. The van der Waals surface area contributed by atoms with Crippen molar-refractivity contribution in [3.05, 3.63) is 105 Å². The molecule has 8 N–H and O–H groups in total. The fourth-order valence-corrected chi connectivity index (χ4v) is 4.98. The minimum atomic E-state index is -1.94. The summed E-state index contributed by atoms with van der Waals surface area (Å²) in [6.07, 6.45) is -1.33. The van der Waals surface area contributed by atoms with Crippen LogP contribution < -0.4 is 32.8 Å². The highest BCUT2D eigenvalue weighted by molar-refractivity contribution is 7.80. The van der Waals surface area contributed by atoms with Gasteiger partial charge in [-0.2, -0.15) is 12.6 Å². The van der Waals surface area contributed by atoms with Gasteiger partial charge in [0.2, 0.25) is 0 Å². The Morgan fingerprint density at radius 3 is 1.82 bits per heavy atom. The maximum absolute atomic E-state index is 14.2. The van der Waals surface area contributed by atoms with E-state index in [1.807, 2.05) is 0 Å². The molecule has 3 amide bonds. The van der Waals surface area contributed by atoms with Gasteiger partial charge in [0.05, 0.1) is 6.04 Å². The maximum atomic E-state index is 14.2. The second-order valence-electron chi connectivity index (χ2n) is 12.0. The Kier molecular flexibility index (Phi) is 15.2. The topological polar surface area (TPSA) is 176 Å². The Bertz CT molecular complexity index is 1650. The molecular formula is C34H43F3N6O6S. The van der Waals surface area contributed by atoms with Gasteiger partial charge in [-0.15, -0.1) is 0 Å². The number of hydroxylamine groups is 3. The normalized spacial score (nSPS) is 14.3. The van der Waals surface area contributed by atoms with Crippen molar-refractivity contribution in [3.63, 3.8) is 0 Å². The molecule has 0 aliphatic carbocycles. The van der Waals surface area contributed by atoms with Crippen LogP contribution in [0.1, 0.15) is 40.3 Å². The first kappa shape index (κ1) is 40.4. The first-order valence-corrected chi connectivity index (χ1v) is 16.2. The summed E-state index contributed by atoms with van der Waals surface area (Å²) >= 11 is 4.22. The Labute approximate surface area is 293 Å². The number of rotatable bonds is 18. The largest absolute Gasteiger partial charge is 0.315 e. The number of thiol groups is 1. The summed E-state index contributed by atoms with van der Waals surface area (Å²) in [5.74, 6) is -3.78. The Morgan fingerprint density at radius 2 is 1.32 bits per heavy atom. The molecule has 0 fully saturated rings. The summed E-state index contributed by atoms with van der Waals surface area (Å²) in [6, 6.07) is 11.4. The minimum absolute atomic E-state index is 0.00239. The smallest absolute Gasteiger partial charge is 0.266 e. The molecule has 16 heteroatoms. The van der Waals surface area contributed by atoms with E-state index in [0.717, 1.165) is 0 Å². The van der Waals surface area contributed by atoms with Crippen molar-refractivity contribution in [1.82, 2.24) is 27.1 Å². The van der Waals surface area contributed by atoms with Crippen LogP contribution in [0.3, 0.4) is 0 Å². The fourth-order valence-electron chi connectivity index (χ4n) is 4.68. The van der Waals surface area contributed by atoms with Crippen LogP contribution in [-0.4, -0.2) is 59.0 Å². The van der Waals surface area contributed by atoms with Crippen molar-refractivity contribution in [2.24, 2.45) is 5.73 Å². The van der Waals surface area contributed by atoms with Crippen molar-refractivity contribution in [3.8, 4) is 0 Å². The van der Waals surface area contributed by atoms with Gasteiger partial charge in [-0.1, -0.05) is 36.4 Å². The van der Waals surface area contributed by atoms with Gasteiger partial charge >= 0.3 is 0 Å². The van der Waals surface area contributed by atoms with E-state index < -0.39 is 59.7 Å². The van der Waals surface area contributed by atoms with E-state index in [-0.39, 0.29) is 31.1 Å². The number of aryl methyl sites for hydroxylation is 3. The summed E-state index contributed by atoms with van der Waals surface area (Å²) < 4.78 is 42.3. The molecule has 0 unspecified atom stereocenters. The highest BCUT2D eigenvalue weighted by atomic mass is 32.1. The molecule has 272 valence electrons. The third-order valence-corrected chi connectivity index (χ3v) is 8.32. The van der Waals surface area contributed by atoms with Crippen LogP contribution in [-0.2, 0) is 43.6 Å². The summed E-state index contributed by atoms with van der Waals surface area (Å²) in [7, 11) is 0. The van der Waals surface area contributed by atoms with E-state index in [4.69, 9.17) is 15.4 Å². The number of carbonyl (C=O) groups excluding carboxylic acids is 3. The molecule has 0 radical (unpaired) electrons. The van der Waals surface area contributed by atoms with Crippen molar-refractivity contribution < 1.29 is 42.4 Å². The molecule has 0 spiro atoms. The monoisotopic (exact) mass is 720 g/mol. The lowest BCUT2D eigenvalue weighted by molar-refractivity contribution is -0.152. The van der Waals surface area contributed by atoms with Gasteiger partial charge in [-0.3, -0.25) is 34.6 Å². The van der Waals surface area contributed by atoms with E-state index in [1.165, 1.54) is 36.7 Å². The van der Waals surface area contributed by atoms with E-state index in [9.17, 15) is 32.8 Å². The van der Waals surface area contributed by atoms with Gasteiger partial charge in [-0.05, 0) is 79.3 Å². The molecular weight excluding hydrogens is 677 g/mol. The van der Waals surface area contributed by atoms with E-state index >= 15 is 0 Å². The summed E-state index contributed by atoms with van der Waals surface area (Å²) in [5.41, 5.74) is 13.0. The molecule has 0 bridgehead atoms. The van der Waals surface area contributed by atoms with E-state index in [1.54, 1.807) is 51.1 Å². The minimum Gasteiger partial charge on any atom is -0.315 e. The fraction of sp³-hybridized carbons (Fsp3) is 0.382. The average Bonchev–Trinajstić information content (AvgIpc) is 3.08. The number of benzene rings is 3. The predicted molar refractivity (Wildman–Crippen MR) is 182 cm³/mol. The number of amides is 3. The zero-order valence-corrected chi connectivity index (χ0v) is 29.0. The van der Waals surface area contributed by atoms with E-state index in [2.05, 4.69) is 34.2 Å². The Hall–Kier alpha value is -4.03. The van der Waals surface area contributed by atoms with Crippen molar-refractivity contribution in [2.45, 2.75) is 70.9 Å². The SMILES string of the molecule is Cc1ccc(CN[C@@H](CS)C(=O)NO[C@H](C)[C@H](NCc2ccc(C)c(F)c2)C(=O)NOC[C@@](N)(Cc2ccc(C)c(F)c2)C(=O)NO)cc1F. The lowest BCUT2D eigenvalue weighted by Crippen LogP contribution is -2.60. The third kappa shape index (κ3) is 11.5. The Morgan fingerprint density at radius 1 is 0.820 bits per heavy atom. The summed E-state index contributed by atoms with van der Waals surface area (Å²) in [6.45, 7) is 5.80. The number of hydrogen-bond donors (Lipinski definition) is 8. The first-order chi connectivity index (χ1) is 23.7. The van der Waals surface area contributed by atoms with Crippen LogP contribution in [0.25, 0.3) is 0 Å². The molecule has 0 heterocycles. The molecule has 3 rings (SSSR count). The maximum Gasteiger partial charge on any atom is 0.266 e. The van der Waals surface area contributed by atoms with Crippen LogP contribution in [0.15, 0.2) is 54.6 Å². The molecule has 0 aromatic heterocycles. The molecule has 0 aliphatic rings. The van der Waals surface area contributed by atoms with Gasteiger partial charge in [0.25, 0.3) is 17.7 Å². The quantitative estimate of drug-likeness (QED) is 0.0558. The first-order valence-electron chi connectivity index (χ1n) is 15.6. The lowest BCUT2D eigenvalue weighted by Gasteiger charge is -2.28. The van der Waals surface area contributed by atoms with Crippen LogP contribution in [0.4, 0.5) is 13.2 Å². The number of carbonyl (C=O) groups is 3. The van der Waals surface area contributed by atoms with Gasteiger partial charge in [0.1, 0.15) is 41.7 Å². The highest BCUT2D eigenvalue weighted by Gasteiger charge is 2.36. The number of nitrogens with one attached hydrogen (secondary N) is 5. The number of halogens is 3. The molecule has 0 aliphatic heterocycles.